The van der Waals surface area contributed by atoms with Crippen LogP contribution in [-0.2, 0) is 7.05 Å². The zero-order valence-corrected chi connectivity index (χ0v) is 18.8. The van der Waals surface area contributed by atoms with Gasteiger partial charge in [0.1, 0.15) is 22.9 Å². The number of nitrogens with one attached hydrogen (secondary N) is 1. The lowest BCUT2D eigenvalue weighted by Crippen LogP contribution is -1.95. The molecule has 7 heteroatoms. The second-order valence-corrected chi connectivity index (χ2v) is 7.97. The van der Waals surface area contributed by atoms with Gasteiger partial charge in [0.25, 0.3) is 0 Å². The average molecular weight is 442 g/mol. The minimum atomic E-state index is -0.270. The number of aromatic nitrogens is 3. The Balaban J connectivity index is 1.56. The highest BCUT2D eigenvalue weighted by Gasteiger charge is 2.16. The zero-order valence-electron chi connectivity index (χ0n) is 18.8. The predicted molar refractivity (Wildman–Crippen MR) is 127 cm³/mol. The largest absolute Gasteiger partial charge is 0.496 e. The lowest BCUT2D eigenvalue weighted by atomic mass is 10.1. The Hall–Kier alpha value is -4.13. The standard InChI is InChI=1S/C26H23FN4O2/c1-15-11-21(25-22(12-15)31(3)26(30-25)17-5-7-18(27)8-6-17)29-19-9-10-20(23(13-19)32-4)24-14-28-16(2)33-24/h5-14,29H,1-4H3. The highest BCUT2D eigenvalue weighted by atomic mass is 19.1. The van der Waals surface area contributed by atoms with Crippen molar-refractivity contribution in [3.05, 3.63) is 78.1 Å². The molecule has 33 heavy (non-hydrogen) atoms. The van der Waals surface area contributed by atoms with E-state index in [1.807, 2.05) is 43.7 Å². The molecular weight excluding hydrogens is 419 g/mol. The van der Waals surface area contributed by atoms with Crippen molar-refractivity contribution in [3.8, 4) is 28.5 Å². The molecule has 0 bridgehead atoms. The van der Waals surface area contributed by atoms with Gasteiger partial charge < -0.3 is 19.0 Å². The van der Waals surface area contributed by atoms with Crippen LogP contribution in [0.2, 0.25) is 0 Å². The number of benzene rings is 3. The number of imidazole rings is 1. The molecule has 3 aromatic carbocycles. The van der Waals surface area contributed by atoms with E-state index in [0.717, 1.165) is 44.9 Å². The van der Waals surface area contributed by atoms with Crippen LogP contribution in [0.25, 0.3) is 33.7 Å². The van der Waals surface area contributed by atoms with Crippen molar-refractivity contribution in [2.45, 2.75) is 13.8 Å². The van der Waals surface area contributed by atoms with Gasteiger partial charge in [-0.3, -0.25) is 0 Å². The van der Waals surface area contributed by atoms with E-state index >= 15 is 0 Å². The van der Waals surface area contributed by atoms with Gasteiger partial charge in [-0.15, -0.1) is 0 Å². The van der Waals surface area contributed by atoms with Crippen LogP contribution in [0.1, 0.15) is 11.5 Å². The van der Waals surface area contributed by atoms with Gasteiger partial charge >= 0.3 is 0 Å². The molecule has 0 spiro atoms. The van der Waals surface area contributed by atoms with Crippen LogP contribution in [0.5, 0.6) is 5.75 Å². The summed E-state index contributed by atoms with van der Waals surface area (Å²) in [6, 6.07) is 16.4. The van der Waals surface area contributed by atoms with Gasteiger partial charge in [-0.05, 0) is 61.0 Å². The fraction of sp³-hybridized carbons (Fsp3) is 0.154. The molecule has 2 heterocycles. The van der Waals surface area contributed by atoms with Crippen LogP contribution in [0.15, 0.2) is 65.2 Å². The number of hydrogen-bond donors (Lipinski definition) is 1. The van der Waals surface area contributed by atoms with Crippen LogP contribution in [0.4, 0.5) is 15.8 Å². The molecule has 6 nitrogen and oxygen atoms in total. The first kappa shape index (κ1) is 20.8. The molecule has 0 radical (unpaired) electrons. The van der Waals surface area contributed by atoms with Gasteiger partial charge in [0.15, 0.2) is 11.7 Å². The van der Waals surface area contributed by atoms with E-state index in [1.165, 1.54) is 12.1 Å². The smallest absolute Gasteiger partial charge is 0.191 e. The molecule has 0 aliphatic carbocycles. The van der Waals surface area contributed by atoms with E-state index in [2.05, 4.69) is 22.4 Å². The SMILES string of the molecule is COc1cc(Nc2cc(C)cc3c2nc(-c2ccc(F)cc2)n3C)ccc1-c1cnc(C)o1. The number of rotatable bonds is 5. The molecule has 0 aliphatic rings. The normalized spacial score (nSPS) is 11.2. The minimum absolute atomic E-state index is 0.270. The van der Waals surface area contributed by atoms with Gasteiger partial charge in [0.05, 0.1) is 30.1 Å². The molecule has 2 aromatic heterocycles. The summed E-state index contributed by atoms with van der Waals surface area (Å²) in [5.41, 5.74) is 6.32. The molecule has 0 saturated carbocycles. The fourth-order valence-electron chi connectivity index (χ4n) is 3.99. The Morgan fingerprint density at radius 3 is 2.52 bits per heavy atom. The Kier molecular flexibility index (Phi) is 5.09. The van der Waals surface area contributed by atoms with E-state index in [4.69, 9.17) is 14.1 Å². The number of hydrogen-bond acceptors (Lipinski definition) is 5. The first-order valence-electron chi connectivity index (χ1n) is 10.5. The topological polar surface area (TPSA) is 65.1 Å². The fourth-order valence-corrected chi connectivity index (χ4v) is 3.99. The van der Waals surface area contributed by atoms with Gasteiger partial charge in [0, 0.05) is 31.3 Å². The Bertz CT molecular complexity index is 1470. The van der Waals surface area contributed by atoms with Crippen molar-refractivity contribution in [1.29, 1.82) is 0 Å². The summed E-state index contributed by atoms with van der Waals surface area (Å²) in [4.78, 5) is 9.06. The molecule has 0 unspecified atom stereocenters. The Morgan fingerprint density at radius 1 is 1.03 bits per heavy atom. The number of aryl methyl sites for hydroxylation is 3. The third-order valence-electron chi connectivity index (χ3n) is 5.60. The molecule has 166 valence electrons. The molecule has 0 amide bonds. The Morgan fingerprint density at radius 2 is 1.82 bits per heavy atom. The summed E-state index contributed by atoms with van der Waals surface area (Å²) >= 11 is 0. The molecule has 0 atom stereocenters. The van der Waals surface area contributed by atoms with E-state index in [-0.39, 0.29) is 5.82 Å². The van der Waals surface area contributed by atoms with Gasteiger partial charge in [0.2, 0.25) is 0 Å². The van der Waals surface area contributed by atoms with Crippen molar-refractivity contribution < 1.29 is 13.5 Å². The molecule has 0 aliphatic heterocycles. The van der Waals surface area contributed by atoms with Crippen LogP contribution >= 0.6 is 0 Å². The van der Waals surface area contributed by atoms with Crippen molar-refractivity contribution in [1.82, 2.24) is 14.5 Å². The molecule has 0 saturated heterocycles. The number of nitrogens with zero attached hydrogens (tertiary/aromatic N) is 3. The highest BCUT2D eigenvalue weighted by molar-refractivity contribution is 5.94. The monoisotopic (exact) mass is 442 g/mol. The van der Waals surface area contributed by atoms with E-state index in [1.54, 1.807) is 25.4 Å². The summed E-state index contributed by atoms with van der Waals surface area (Å²) in [5, 5.41) is 3.49. The lowest BCUT2D eigenvalue weighted by molar-refractivity contribution is 0.414. The number of fused-ring (bicyclic) bond motifs is 1. The van der Waals surface area contributed by atoms with Crippen LogP contribution < -0.4 is 10.1 Å². The molecule has 0 fully saturated rings. The van der Waals surface area contributed by atoms with E-state index < -0.39 is 0 Å². The summed E-state index contributed by atoms with van der Waals surface area (Å²) in [5.74, 6) is 2.43. The van der Waals surface area contributed by atoms with Gasteiger partial charge in [-0.25, -0.2) is 14.4 Å². The molecule has 5 aromatic rings. The van der Waals surface area contributed by atoms with Crippen molar-refractivity contribution in [2.24, 2.45) is 7.05 Å². The quantitative estimate of drug-likeness (QED) is 0.341. The highest BCUT2D eigenvalue weighted by Crippen LogP contribution is 2.36. The maximum absolute atomic E-state index is 13.4. The van der Waals surface area contributed by atoms with E-state index in [0.29, 0.717) is 17.4 Å². The molecule has 1 N–H and O–H groups in total. The maximum Gasteiger partial charge on any atom is 0.191 e. The number of methoxy groups -OCH3 is 1. The second-order valence-electron chi connectivity index (χ2n) is 7.97. The minimum Gasteiger partial charge on any atom is -0.496 e. The first-order valence-corrected chi connectivity index (χ1v) is 10.5. The van der Waals surface area contributed by atoms with Crippen LogP contribution in [-0.4, -0.2) is 21.6 Å². The lowest BCUT2D eigenvalue weighted by Gasteiger charge is -2.12. The summed E-state index contributed by atoms with van der Waals surface area (Å²) < 4.78 is 26.7. The summed E-state index contributed by atoms with van der Waals surface area (Å²) in [6.45, 7) is 3.85. The summed E-state index contributed by atoms with van der Waals surface area (Å²) in [7, 11) is 3.60. The predicted octanol–water partition coefficient (Wildman–Crippen LogP) is 6.40. The van der Waals surface area contributed by atoms with Gasteiger partial charge in [-0.1, -0.05) is 0 Å². The van der Waals surface area contributed by atoms with Crippen molar-refractivity contribution in [2.75, 3.05) is 12.4 Å². The third-order valence-corrected chi connectivity index (χ3v) is 5.60. The van der Waals surface area contributed by atoms with Crippen molar-refractivity contribution in [3.63, 3.8) is 0 Å². The zero-order chi connectivity index (χ0) is 23.1. The average Bonchev–Trinajstić information content (AvgIpc) is 3.38. The second kappa shape index (κ2) is 8.09. The molecular formula is C26H23FN4O2. The Labute approximate surface area is 190 Å². The third kappa shape index (κ3) is 3.82. The molecule has 5 rings (SSSR count). The van der Waals surface area contributed by atoms with Crippen LogP contribution in [0.3, 0.4) is 0 Å². The first-order chi connectivity index (χ1) is 15.9. The van der Waals surface area contributed by atoms with E-state index in [9.17, 15) is 4.39 Å². The summed E-state index contributed by atoms with van der Waals surface area (Å²) in [6.07, 6.45) is 1.69. The van der Waals surface area contributed by atoms with Crippen molar-refractivity contribution >= 4 is 22.4 Å². The van der Waals surface area contributed by atoms with Crippen LogP contribution in [0, 0.1) is 19.7 Å². The number of halogens is 1. The number of ether oxygens (including phenoxy) is 1. The number of anilines is 2. The van der Waals surface area contributed by atoms with Gasteiger partial charge in [-0.2, -0.15) is 0 Å². The number of oxazole rings is 1. The maximum atomic E-state index is 13.4.